The number of carbonyl (C=O) groups excluding carboxylic acids is 1. The number of nitrogens with zero attached hydrogens (tertiary/aromatic N) is 2. The largest absolute Gasteiger partial charge is 0.366 e. The van der Waals surface area contributed by atoms with Gasteiger partial charge >= 0.3 is 0 Å². The fourth-order valence-electron chi connectivity index (χ4n) is 0.810. The van der Waals surface area contributed by atoms with Gasteiger partial charge in [-0.05, 0) is 19.1 Å². The Balaban J connectivity index is 2.70. The van der Waals surface area contributed by atoms with Crippen LogP contribution >= 0.6 is 0 Å². The first-order chi connectivity index (χ1) is 5.72. The third-order valence-corrected chi connectivity index (χ3v) is 1.40. The van der Waals surface area contributed by atoms with Crippen LogP contribution in [0.3, 0.4) is 0 Å². The Morgan fingerprint density at radius 3 is 3.08 bits per heavy atom. The molecule has 2 N–H and O–H groups in total. The minimum absolute atomic E-state index is 0.457. The zero-order chi connectivity index (χ0) is 8.97. The lowest BCUT2D eigenvalue weighted by Crippen LogP contribution is -2.05. The lowest BCUT2D eigenvalue weighted by atomic mass is 10.4. The molecule has 1 aromatic heterocycles. The van der Waals surface area contributed by atoms with Gasteiger partial charge in [0.05, 0.1) is 5.69 Å². The van der Waals surface area contributed by atoms with Gasteiger partial charge in [-0.25, -0.2) is 0 Å². The molecule has 1 rings (SSSR count). The second-order valence-electron chi connectivity index (χ2n) is 2.33. The van der Waals surface area contributed by atoms with E-state index in [1.165, 1.54) is 6.08 Å². The molecule has 0 fully saturated rings. The Bertz CT molecular complexity index is 301. The van der Waals surface area contributed by atoms with Crippen molar-refractivity contribution in [2.24, 2.45) is 5.73 Å². The quantitative estimate of drug-likeness (QED) is 0.659. The van der Waals surface area contributed by atoms with Crippen LogP contribution in [-0.4, -0.2) is 15.7 Å². The molecule has 64 valence electrons. The average molecular weight is 165 g/mol. The Morgan fingerprint density at radius 2 is 2.58 bits per heavy atom. The van der Waals surface area contributed by atoms with Crippen LogP contribution in [0.1, 0.15) is 12.6 Å². The maximum absolute atomic E-state index is 10.3. The molecule has 0 aromatic carbocycles. The third-order valence-electron chi connectivity index (χ3n) is 1.40. The Morgan fingerprint density at radius 1 is 1.83 bits per heavy atom. The molecule has 0 atom stereocenters. The number of amides is 1. The molecule has 0 saturated carbocycles. The van der Waals surface area contributed by atoms with E-state index >= 15 is 0 Å². The van der Waals surface area contributed by atoms with E-state index in [-0.39, 0.29) is 0 Å². The lowest BCUT2D eigenvalue weighted by molar-refractivity contribution is -0.113. The van der Waals surface area contributed by atoms with Gasteiger partial charge in [-0.3, -0.25) is 9.48 Å². The highest BCUT2D eigenvalue weighted by Crippen LogP contribution is 1.97. The lowest BCUT2D eigenvalue weighted by Gasteiger charge is -1.89. The maximum atomic E-state index is 10.3. The molecular formula is C8H11N3O. The standard InChI is InChI=1S/C8H11N3O/c1-2-11-6-5-7(10-11)3-4-8(9)12/h3-6H,2H2,1H3,(H2,9,12)/b4-3+. The van der Waals surface area contributed by atoms with Gasteiger partial charge in [-0.1, -0.05) is 0 Å². The predicted molar refractivity (Wildman–Crippen MR) is 46.1 cm³/mol. The first-order valence-electron chi connectivity index (χ1n) is 3.73. The van der Waals surface area contributed by atoms with Crippen LogP contribution < -0.4 is 5.73 Å². The SMILES string of the molecule is CCn1ccc(/C=C/C(N)=O)n1. The summed E-state index contributed by atoms with van der Waals surface area (Å²) < 4.78 is 1.78. The summed E-state index contributed by atoms with van der Waals surface area (Å²) in [6, 6.07) is 1.82. The van der Waals surface area contributed by atoms with E-state index in [1.54, 1.807) is 10.8 Å². The van der Waals surface area contributed by atoms with Crippen LogP contribution in [0.25, 0.3) is 6.08 Å². The van der Waals surface area contributed by atoms with Gasteiger partial charge in [0, 0.05) is 18.8 Å². The fourth-order valence-corrected chi connectivity index (χ4v) is 0.810. The van der Waals surface area contributed by atoms with E-state index in [0.29, 0.717) is 0 Å². The number of hydrogen-bond acceptors (Lipinski definition) is 2. The van der Waals surface area contributed by atoms with E-state index < -0.39 is 5.91 Å². The second kappa shape index (κ2) is 3.71. The molecular weight excluding hydrogens is 154 g/mol. The molecule has 0 saturated heterocycles. The molecule has 12 heavy (non-hydrogen) atoms. The number of carbonyl (C=O) groups is 1. The molecule has 0 radical (unpaired) electrons. The van der Waals surface area contributed by atoms with Crippen molar-refractivity contribution in [2.75, 3.05) is 0 Å². The molecule has 4 nitrogen and oxygen atoms in total. The van der Waals surface area contributed by atoms with E-state index in [4.69, 9.17) is 5.73 Å². The normalized spacial score (nSPS) is 10.8. The summed E-state index contributed by atoms with van der Waals surface area (Å²) in [5.41, 5.74) is 5.67. The number of nitrogens with two attached hydrogens (primary N) is 1. The van der Waals surface area contributed by atoms with E-state index in [1.807, 2.05) is 19.2 Å². The molecule has 1 aromatic rings. The number of primary amides is 1. The van der Waals surface area contributed by atoms with Crippen molar-refractivity contribution in [2.45, 2.75) is 13.5 Å². The highest BCUT2D eigenvalue weighted by atomic mass is 16.1. The molecule has 0 aliphatic heterocycles. The molecule has 0 spiro atoms. The summed E-state index contributed by atoms with van der Waals surface area (Å²) in [6.45, 7) is 2.82. The van der Waals surface area contributed by atoms with Crippen LogP contribution in [0.5, 0.6) is 0 Å². The Labute approximate surface area is 70.7 Å². The van der Waals surface area contributed by atoms with Crippen molar-refractivity contribution < 1.29 is 4.79 Å². The zero-order valence-corrected chi connectivity index (χ0v) is 6.90. The highest BCUT2D eigenvalue weighted by molar-refractivity contribution is 5.89. The summed E-state index contributed by atoms with van der Waals surface area (Å²) in [5, 5.41) is 4.12. The summed E-state index contributed by atoms with van der Waals surface area (Å²) in [5.74, 6) is -0.457. The van der Waals surface area contributed by atoms with E-state index in [2.05, 4.69) is 5.10 Å². The summed E-state index contributed by atoms with van der Waals surface area (Å²) in [6.07, 6.45) is 4.73. The van der Waals surface area contributed by atoms with Crippen LogP contribution in [0.2, 0.25) is 0 Å². The molecule has 0 unspecified atom stereocenters. The summed E-state index contributed by atoms with van der Waals surface area (Å²) in [7, 11) is 0. The molecule has 0 aliphatic rings. The molecule has 1 amide bonds. The van der Waals surface area contributed by atoms with Crippen LogP contribution in [-0.2, 0) is 11.3 Å². The topological polar surface area (TPSA) is 60.9 Å². The van der Waals surface area contributed by atoms with Crippen molar-refractivity contribution in [1.29, 1.82) is 0 Å². The monoisotopic (exact) mass is 165 g/mol. The smallest absolute Gasteiger partial charge is 0.241 e. The zero-order valence-electron chi connectivity index (χ0n) is 6.90. The van der Waals surface area contributed by atoms with Gasteiger partial charge in [0.15, 0.2) is 0 Å². The van der Waals surface area contributed by atoms with Crippen molar-refractivity contribution >= 4 is 12.0 Å². The summed E-state index contributed by atoms with van der Waals surface area (Å²) in [4.78, 5) is 10.3. The third kappa shape index (κ3) is 2.23. The van der Waals surface area contributed by atoms with Crippen LogP contribution in [0.4, 0.5) is 0 Å². The molecule has 0 aliphatic carbocycles. The van der Waals surface area contributed by atoms with Crippen LogP contribution in [0.15, 0.2) is 18.3 Å². The van der Waals surface area contributed by atoms with Crippen molar-refractivity contribution in [3.63, 3.8) is 0 Å². The van der Waals surface area contributed by atoms with Gasteiger partial charge in [-0.15, -0.1) is 0 Å². The number of hydrogen-bond donors (Lipinski definition) is 1. The first-order valence-corrected chi connectivity index (χ1v) is 3.73. The first kappa shape index (κ1) is 8.52. The van der Waals surface area contributed by atoms with Crippen molar-refractivity contribution in [3.05, 3.63) is 24.0 Å². The van der Waals surface area contributed by atoms with Crippen molar-refractivity contribution in [1.82, 2.24) is 9.78 Å². The fraction of sp³-hybridized carbons (Fsp3) is 0.250. The van der Waals surface area contributed by atoms with Gasteiger partial charge in [0.1, 0.15) is 0 Å². The van der Waals surface area contributed by atoms with E-state index in [0.717, 1.165) is 12.2 Å². The van der Waals surface area contributed by atoms with E-state index in [9.17, 15) is 4.79 Å². The highest BCUT2D eigenvalue weighted by Gasteiger charge is 1.92. The minimum Gasteiger partial charge on any atom is -0.366 e. The predicted octanol–water partition coefficient (Wildman–Crippen LogP) is 0.402. The van der Waals surface area contributed by atoms with Gasteiger partial charge in [0.25, 0.3) is 0 Å². The number of aryl methyl sites for hydroxylation is 1. The van der Waals surface area contributed by atoms with Gasteiger partial charge in [-0.2, -0.15) is 5.10 Å². The summed E-state index contributed by atoms with van der Waals surface area (Å²) >= 11 is 0. The van der Waals surface area contributed by atoms with Crippen molar-refractivity contribution in [3.8, 4) is 0 Å². The van der Waals surface area contributed by atoms with Gasteiger partial charge in [0.2, 0.25) is 5.91 Å². The van der Waals surface area contributed by atoms with Gasteiger partial charge < -0.3 is 5.73 Å². The molecule has 1 heterocycles. The minimum atomic E-state index is -0.457. The van der Waals surface area contributed by atoms with Crippen LogP contribution in [0, 0.1) is 0 Å². The average Bonchev–Trinajstić information content (AvgIpc) is 2.48. The maximum Gasteiger partial charge on any atom is 0.241 e. The second-order valence-corrected chi connectivity index (χ2v) is 2.33. The molecule has 0 bridgehead atoms. The Hall–Kier alpha value is -1.58. The number of rotatable bonds is 3. The number of aromatic nitrogens is 2. The molecule has 4 heteroatoms. The Kier molecular flexibility index (Phi) is 2.63.